The van der Waals surface area contributed by atoms with Gasteiger partial charge in [0.2, 0.25) is 5.91 Å². The van der Waals surface area contributed by atoms with Crippen LogP contribution in [0.4, 0.5) is 5.82 Å². The van der Waals surface area contributed by atoms with Crippen LogP contribution in [0.5, 0.6) is 0 Å². The highest BCUT2D eigenvalue weighted by atomic mass is 35.5. The Bertz CT molecular complexity index is 500. The molecule has 2 amide bonds. The lowest BCUT2D eigenvalue weighted by atomic mass is 10.1. The van der Waals surface area contributed by atoms with Crippen LogP contribution in [-0.4, -0.2) is 41.3 Å². The Morgan fingerprint density at radius 1 is 1.58 bits per heavy atom. The molecule has 0 aromatic carbocycles. The van der Waals surface area contributed by atoms with Crippen LogP contribution in [0, 0.1) is 0 Å². The van der Waals surface area contributed by atoms with Crippen LogP contribution in [-0.2, 0) is 4.79 Å². The number of aromatic nitrogens is 1. The van der Waals surface area contributed by atoms with Gasteiger partial charge in [-0.3, -0.25) is 9.59 Å². The monoisotopic (exact) mass is 282 g/mol. The van der Waals surface area contributed by atoms with Crippen molar-refractivity contribution < 1.29 is 9.59 Å². The fraction of sp³-hybridized carbons (Fsp3) is 0.417. The Morgan fingerprint density at radius 3 is 2.95 bits per heavy atom. The zero-order valence-electron chi connectivity index (χ0n) is 10.5. The van der Waals surface area contributed by atoms with Crippen molar-refractivity contribution >= 4 is 29.2 Å². The molecule has 19 heavy (non-hydrogen) atoms. The third-order valence-electron chi connectivity index (χ3n) is 3.04. The van der Waals surface area contributed by atoms with Crippen molar-refractivity contribution in [2.45, 2.75) is 18.9 Å². The molecular weight excluding hydrogens is 268 g/mol. The van der Waals surface area contributed by atoms with Gasteiger partial charge in [0.1, 0.15) is 11.0 Å². The molecule has 1 aliphatic heterocycles. The molecule has 2 heterocycles. The van der Waals surface area contributed by atoms with Crippen molar-refractivity contribution in [2.24, 2.45) is 0 Å². The number of nitrogens with zero attached hydrogens (tertiary/aromatic N) is 2. The summed E-state index contributed by atoms with van der Waals surface area (Å²) in [5.41, 5.74) is 5.91. The van der Waals surface area contributed by atoms with Crippen LogP contribution in [0.1, 0.15) is 23.2 Å². The highest BCUT2D eigenvalue weighted by Gasteiger charge is 2.24. The largest absolute Gasteiger partial charge is 0.384 e. The second kappa shape index (κ2) is 5.44. The number of piperidine rings is 1. The first kappa shape index (κ1) is 13.6. The molecule has 1 atom stereocenters. The Balaban J connectivity index is 2.03. The lowest BCUT2D eigenvalue weighted by Gasteiger charge is -2.30. The van der Waals surface area contributed by atoms with E-state index in [1.54, 1.807) is 11.9 Å². The van der Waals surface area contributed by atoms with Crippen molar-refractivity contribution in [1.29, 1.82) is 0 Å². The van der Waals surface area contributed by atoms with E-state index in [0.717, 1.165) is 0 Å². The number of nitrogens with one attached hydrogen (secondary N) is 1. The van der Waals surface area contributed by atoms with Crippen LogP contribution < -0.4 is 11.1 Å². The minimum absolute atomic E-state index is 0.0524. The fourth-order valence-corrected chi connectivity index (χ4v) is 2.26. The first-order valence-electron chi connectivity index (χ1n) is 5.93. The number of carbonyl (C=O) groups is 2. The second-order valence-corrected chi connectivity index (χ2v) is 4.97. The normalized spacial score (nSPS) is 19.4. The van der Waals surface area contributed by atoms with Gasteiger partial charge in [-0.05, 0) is 18.6 Å². The maximum absolute atomic E-state index is 12.0. The van der Waals surface area contributed by atoms with E-state index in [1.807, 2.05) is 0 Å². The van der Waals surface area contributed by atoms with Gasteiger partial charge < -0.3 is 16.0 Å². The molecule has 3 N–H and O–H groups in total. The number of hydrogen-bond acceptors (Lipinski definition) is 4. The summed E-state index contributed by atoms with van der Waals surface area (Å²) in [7, 11) is 1.72. The smallest absolute Gasteiger partial charge is 0.251 e. The zero-order chi connectivity index (χ0) is 14.0. The number of likely N-dealkylation sites (tertiary alicyclic amines) is 1. The Morgan fingerprint density at radius 2 is 2.32 bits per heavy atom. The summed E-state index contributed by atoms with van der Waals surface area (Å²) >= 11 is 5.76. The molecule has 1 aliphatic rings. The number of anilines is 1. The van der Waals surface area contributed by atoms with E-state index in [1.165, 1.54) is 12.1 Å². The van der Waals surface area contributed by atoms with Crippen LogP contribution in [0.25, 0.3) is 0 Å². The van der Waals surface area contributed by atoms with Gasteiger partial charge in [-0.1, -0.05) is 11.6 Å². The topological polar surface area (TPSA) is 88.3 Å². The number of amides is 2. The molecule has 0 bridgehead atoms. The predicted molar refractivity (Wildman–Crippen MR) is 71.8 cm³/mol. The highest BCUT2D eigenvalue weighted by molar-refractivity contribution is 6.29. The molecule has 1 aromatic rings. The van der Waals surface area contributed by atoms with E-state index >= 15 is 0 Å². The molecule has 1 saturated heterocycles. The molecule has 0 radical (unpaired) electrons. The fourth-order valence-electron chi connectivity index (χ4n) is 2.05. The minimum Gasteiger partial charge on any atom is -0.384 e. The lowest BCUT2D eigenvalue weighted by molar-refractivity contribution is -0.132. The predicted octanol–water partition coefficient (Wildman–Crippen LogP) is 0.668. The molecule has 102 valence electrons. The molecule has 0 spiro atoms. The van der Waals surface area contributed by atoms with Gasteiger partial charge in [-0.2, -0.15) is 0 Å². The number of rotatable bonds is 2. The van der Waals surface area contributed by atoms with Gasteiger partial charge in [0, 0.05) is 31.6 Å². The lowest BCUT2D eigenvalue weighted by Crippen LogP contribution is -2.48. The molecule has 7 heteroatoms. The molecule has 1 unspecified atom stereocenters. The Labute approximate surface area is 115 Å². The molecule has 0 aliphatic carbocycles. The highest BCUT2D eigenvalue weighted by Crippen LogP contribution is 2.14. The molecular formula is C12H15ClN4O2. The van der Waals surface area contributed by atoms with Crippen LogP contribution >= 0.6 is 11.6 Å². The molecule has 1 aromatic heterocycles. The summed E-state index contributed by atoms with van der Waals surface area (Å²) < 4.78 is 0. The molecule has 1 fully saturated rings. The number of nitrogen functional groups attached to an aromatic ring is 1. The SMILES string of the molecule is CN1CC(NC(=O)c2cc(N)nc(Cl)c2)CCC1=O. The van der Waals surface area contributed by atoms with E-state index in [9.17, 15) is 9.59 Å². The summed E-state index contributed by atoms with van der Waals surface area (Å²) in [6.45, 7) is 0.513. The minimum atomic E-state index is -0.260. The maximum atomic E-state index is 12.0. The number of halogens is 1. The quantitative estimate of drug-likeness (QED) is 0.780. The zero-order valence-corrected chi connectivity index (χ0v) is 11.3. The molecule has 2 rings (SSSR count). The van der Waals surface area contributed by atoms with Gasteiger partial charge in [0.25, 0.3) is 5.91 Å². The summed E-state index contributed by atoms with van der Waals surface area (Å²) in [6, 6.07) is 2.88. The third-order valence-corrected chi connectivity index (χ3v) is 3.23. The second-order valence-electron chi connectivity index (χ2n) is 4.59. The van der Waals surface area contributed by atoms with E-state index in [-0.39, 0.29) is 28.8 Å². The molecule has 6 nitrogen and oxygen atoms in total. The van der Waals surface area contributed by atoms with E-state index < -0.39 is 0 Å². The van der Waals surface area contributed by atoms with Crippen LogP contribution in [0.2, 0.25) is 5.15 Å². The number of pyridine rings is 1. The summed E-state index contributed by atoms with van der Waals surface area (Å²) in [6.07, 6.45) is 1.09. The average molecular weight is 283 g/mol. The van der Waals surface area contributed by atoms with Gasteiger partial charge >= 0.3 is 0 Å². The van der Waals surface area contributed by atoms with Gasteiger partial charge in [-0.25, -0.2) is 4.98 Å². The van der Waals surface area contributed by atoms with E-state index in [4.69, 9.17) is 17.3 Å². The standard InChI is InChI=1S/C12H15ClN4O2/c1-17-6-8(2-3-11(17)18)15-12(19)7-4-9(13)16-10(14)5-7/h4-5,8H,2-3,6H2,1H3,(H2,14,16)(H,15,19). The van der Waals surface area contributed by atoms with Gasteiger partial charge in [-0.15, -0.1) is 0 Å². The Kier molecular flexibility index (Phi) is 3.90. The van der Waals surface area contributed by atoms with Gasteiger partial charge in [0.15, 0.2) is 0 Å². The van der Waals surface area contributed by atoms with E-state index in [2.05, 4.69) is 10.3 Å². The average Bonchev–Trinajstić information content (AvgIpc) is 2.32. The number of likely N-dealkylation sites (N-methyl/N-ethyl adjacent to an activating group) is 1. The maximum Gasteiger partial charge on any atom is 0.251 e. The van der Waals surface area contributed by atoms with Crippen LogP contribution in [0.15, 0.2) is 12.1 Å². The van der Waals surface area contributed by atoms with Crippen molar-refractivity contribution in [1.82, 2.24) is 15.2 Å². The third kappa shape index (κ3) is 3.35. The summed E-state index contributed by atoms with van der Waals surface area (Å²) in [5, 5.41) is 3.05. The van der Waals surface area contributed by atoms with Crippen molar-refractivity contribution in [3.05, 3.63) is 22.8 Å². The van der Waals surface area contributed by atoms with E-state index in [0.29, 0.717) is 24.9 Å². The summed E-state index contributed by atoms with van der Waals surface area (Å²) in [4.78, 5) is 28.8. The Hall–Kier alpha value is -1.82. The van der Waals surface area contributed by atoms with Crippen LogP contribution in [0.3, 0.4) is 0 Å². The number of nitrogens with two attached hydrogens (primary N) is 1. The van der Waals surface area contributed by atoms with Crippen molar-refractivity contribution in [3.63, 3.8) is 0 Å². The van der Waals surface area contributed by atoms with Gasteiger partial charge in [0.05, 0.1) is 0 Å². The van der Waals surface area contributed by atoms with Crippen molar-refractivity contribution in [2.75, 3.05) is 19.3 Å². The summed E-state index contributed by atoms with van der Waals surface area (Å²) in [5.74, 6) is 0.0408. The first-order valence-corrected chi connectivity index (χ1v) is 6.31. The number of hydrogen-bond donors (Lipinski definition) is 2. The van der Waals surface area contributed by atoms with Crippen molar-refractivity contribution in [3.8, 4) is 0 Å². The number of carbonyl (C=O) groups excluding carboxylic acids is 2. The molecule has 0 saturated carbocycles. The first-order chi connectivity index (χ1) is 8.95.